The number of carbonyl (C=O) groups is 2. The van der Waals surface area contributed by atoms with Crippen LogP contribution < -0.4 is 15.4 Å². The molecule has 0 saturated heterocycles. The van der Waals surface area contributed by atoms with E-state index in [-0.39, 0.29) is 42.5 Å². The number of ether oxygens (including phenoxy) is 3. The maximum atomic E-state index is 13.0. The van der Waals surface area contributed by atoms with Gasteiger partial charge in [-0.25, -0.2) is 13.2 Å². The minimum atomic E-state index is -3.84. The molecule has 0 unspecified atom stereocenters. The fourth-order valence-corrected chi connectivity index (χ4v) is 4.61. The Bertz CT molecular complexity index is 1070. The van der Waals surface area contributed by atoms with E-state index in [2.05, 4.69) is 10.6 Å². The van der Waals surface area contributed by atoms with Crippen molar-refractivity contribution in [1.82, 2.24) is 4.31 Å². The maximum absolute atomic E-state index is 13.0. The van der Waals surface area contributed by atoms with Gasteiger partial charge in [-0.15, -0.1) is 0 Å². The molecule has 2 aromatic rings. The molecule has 11 heteroatoms. The van der Waals surface area contributed by atoms with Gasteiger partial charge in [0.15, 0.2) is 0 Å². The Labute approximate surface area is 193 Å². The number of hydrogen-bond acceptors (Lipinski definition) is 7. The highest BCUT2D eigenvalue weighted by Gasteiger charge is 2.26. The van der Waals surface area contributed by atoms with Gasteiger partial charge in [0.05, 0.1) is 13.7 Å². The van der Waals surface area contributed by atoms with E-state index in [0.717, 1.165) is 0 Å². The summed E-state index contributed by atoms with van der Waals surface area (Å²) < 4.78 is 42.3. The Morgan fingerprint density at radius 3 is 2.21 bits per heavy atom. The molecule has 0 bridgehead atoms. The van der Waals surface area contributed by atoms with Crippen molar-refractivity contribution < 1.29 is 32.2 Å². The van der Waals surface area contributed by atoms with Crippen LogP contribution in [-0.2, 0) is 19.5 Å². The number of carbonyl (C=O) groups excluding carboxylic acids is 2. The lowest BCUT2D eigenvalue weighted by Crippen LogP contribution is -2.31. The Morgan fingerprint density at radius 1 is 0.939 bits per heavy atom. The van der Waals surface area contributed by atoms with Crippen molar-refractivity contribution in [2.45, 2.75) is 18.7 Å². The minimum absolute atomic E-state index is 0.0874. The number of anilines is 2. The van der Waals surface area contributed by atoms with E-state index in [4.69, 9.17) is 14.2 Å². The first-order valence-electron chi connectivity index (χ1n) is 10.3. The van der Waals surface area contributed by atoms with Gasteiger partial charge >= 0.3 is 6.09 Å². The normalized spacial score (nSPS) is 11.2. The molecular weight excluding hydrogens is 450 g/mol. The zero-order chi connectivity index (χ0) is 24.4. The number of hydrogen-bond donors (Lipinski definition) is 2. The van der Waals surface area contributed by atoms with Gasteiger partial charge in [0.1, 0.15) is 17.3 Å². The third-order valence-electron chi connectivity index (χ3n) is 4.64. The average molecular weight is 480 g/mol. The van der Waals surface area contributed by atoms with Crippen molar-refractivity contribution in [2.75, 3.05) is 51.2 Å². The lowest BCUT2D eigenvalue weighted by Gasteiger charge is -2.20. The SMILES string of the molecule is CCN(CC)S(=O)(=O)c1cc(C(=O)Nc2cccc(NC(=O)OCCOC)c2)ccc1OC. The number of nitrogens with one attached hydrogen (secondary N) is 2. The molecule has 0 aliphatic heterocycles. The molecule has 0 radical (unpaired) electrons. The van der Waals surface area contributed by atoms with Gasteiger partial charge in [0.25, 0.3) is 5.91 Å². The van der Waals surface area contributed by atoms with Gasteiger partial charge in [-0.05, 0) is 36.4 Å². The molecule has 2 aromatic carbocycles. The quantitative estimate of drug-likeness (QED) is 0.475. The van der Waals surface area contributed by atoms with E-state index in [1.807, 2.05) is 0 Å². The number of amides is 2. The molecular formula is C22H29N3O7S. The monoisotopic (exact) mass is 479 g/mol. The summed E-state index contributed by atoms with van der Waals surface area (Å²) in [5.41, 5.74) is 0.951. The Morgan fingerprint density at radius 2 is 1.61 bits per heavy atom. The Kier molecular flexibility index (Phi) is 9.64. The zero-order valence-corrected chi connectivity index (χ0v) is 19.9. The molecule has 10 nitrogen and oxygen atoms in total. The van der Waals surface area contributed by atoms with Crippen LogP contribution in [0.25, 0.3) is 0 Å². The molecule has 2 rings (SSSR count). The second-order valence-corrected chi connectivity index (χ2v) is 8.65. The molecule has 0 fully saturated rings. The van der Waals surface area contributed by atoms with Crippen LogP contribution in [0.4, 0.5) is 16.2 Å². The van der Waals surface area contributed by atoms with Crippen LogP contribution in [0.15, 0.2) is 47.4 Å². The highest BCUT2D eigenvalue weighted by molar-refractivity contribution is 7.89. The summed E-state index contributed by atoms with van der Waals surface area (Å²) in [6.45, 7) is 4.42. The first kappa shape index (κ1) is 26.1. The molecule has 180 valence electrons. The summed E-state index contributed by atoms with van der Waals surface area (Å²) in [6, 6.07) is 10.7. The van der Waals surface area contributed by atoms with Crippen LogP contribution in [0, 0.1) is 0 Å². The summed E-state index contributed by atoms with van der Waals surface area (Å²) in [7, 11) is -0.976. The predicted molar refractivity (Wildman–Crippen MR) is 124 cm³/mol. The smallest absolute Gasteiger partial charge is 0.411 e. The van der Waals surface area contributed by atoms with Crippen LogP contribution >= 0.6 is 0 Å². The lowest BCUT2D eigenvalue weighted by molar-refractivity contribution is 0.102. The number of rotatable bonds is 11. The van der Waals surface area contributed by atoms with Crippen molar-refractivity contribution in [3.63, 3.8) is 0 Å². The lowest BCUT2D eigenvalue weighted by atomic mass is 10.2. The van der Waals surface area contributed by atoms with Crippen LogP contribution in [-0.4, -0.2) is 65.2 Å². The molecule has 0 aliphatic rings. The van der Waals surface area contributed by atoms with E-state index in [1.165, 1.54) is 36.7 Å². The summed E-state index contributed by atoms with van der Waals surface area (Å²) in [4.78, 5) is 24.5. The summed E-state index contributed by atoms with van der Waals surface area (Å²) in [5.74, 6) is -0.370. The number of benzene rings is 2. The molecule has 0 aliphatic carbocycles. The third-order valence-corrected chi connectivity index (χ3v) is 6.71. The van der Waals surface area contributed by atoms with Gasteiger partial charge in [-0.3, -0.25) is 10.1 Å². The number of methoxy groups -OCH3 is 2. The molecule has 0 aromatic heterocycles. The molecule has 0 atom stereocenters. The number of sulfonamides is 1. The van der Waals surface area contributed by atoms with Crippen molar-refractivity contribution in [1.29, 1.82) is 0 Å². The predicted octanol–water partition coefficient (Wildman–Crippen LogP) is 3.17. The third kappa shape index (κ3) is 6.91. The Balaban J connectivity index is 2.21. The van der Waals surface area contributed by atoms with Gasteiger partial charge in [-0.1, -0.05) is 19.9 Å². The van der Waals surface area contributed by atoms with Crippen LogP contribution in [0.3, 0.4) is 0 Å². The first-order valence-corrected chi connectivity index (χ1v) is 11.7. The Hall–Kier alpha value is -3.15. The highest BCUT2D eigenvalue weighted by atomic mass is 32.2. The molecule has 2 N–H and O–H groups in total. The van der Waals surface area contributed by atoms with E-state index >= 15 is 0 Å². The van der Waals surface area contributed by atoms with Gasteiger partial charge < -0.3 is 19.5 Å². The summed E-state index contributed by atoms with van der Waals surface area (Å²) in [5, 5.41) is 5.25. The van der Waals surface area contributed by atoms with Crippen molar-refractivity contribution in [3.05, 3.63) is 48.0 Å². The van der Waals surface area contributed by atoms with Gasteiger partial charge in [0, 0.05) is 37.1 Å². The van der Waals surface area contributed by atoms with E-state index < -0.39 is 22.0 Å². The number of nitrogens with zero attached hydrogens (tertiary/aromatic N) is 1. The fourth-order valence-electron chi connectivity index (χ4n) is 2.97. The second kappa shape index (κ2) is 12.2. The largest absolute Gasteiger partial charge is 0.495 e. The fraction of sp³-hybridized carbons (Fsp3) is 0.364. The highest BCUT2D eigenvalue weighted by Crippen LogP contribution is 2.28. The molecule has 0 saturated carbocycles. The first-order chi connectivity index (χ1) is 15.8. The van der Waals surface area contributed by atoms with Gasteiger partial charge in [0.2, 0.25) is 10.0 Å². The summed E-state index contributed by atoms with van der Waals surface area (Å²) in [6.07, 6.45) is -0.656. The van der Waals surface area contributed by atoms with E-state index in [9.17, 15) is 18.0 Å². The van der Waals surface area contributed by atoms with Crippen molar-refractivity contribution in [3.8, 4) is 5.75 Å². The molecule has 0 heterocycles. The van der Waals surface area contributed by atoms with E-state index in [0.29, 0.717) is 11.4 Å². The van der Waals surface area contributed by atoms with Crippen LogP contribution in [0.5, 0.6) is 5.75 Å². The van der Waals surface area contributed by atoms with Crippen molar-refractivity contribution >= 4 is 33.4 Å². The summed E-state index contributed by atoms with van der Waals surface area (Å²) >= 11 is 0. The minimum Gasteiger partial charge on any atom is -0.495 e. The van der Waals surface area contributed by atoms with E-state index in [1.54, 1.807) is 38.1 Å². The average Bonchev–Trinajstić information content (AvgIpc) is 2.79. The topological polar surface area (TPSA) is 123 Å². The molecule has 33 heavy (non-hydrogen) atoms. The van der Waals surface area contributed by atoms with Crippen LogP contribution in [0.2, 0.25) is 0 Å². The maximum Gasteiger partial charge on any atom is 0.411 e. The second-order valence-electron chi connectivity index (χ2n) is 6.74. The molecule has 0 spiro atoms. The van der Waals surface area contributed by atoms with Crippen molar-refractivity contribution in [2.24, 2.45) is 0 Å². The zero-order valence-electron chi connectivity index (χ0n) is 19.1. The standard InChI is InChI=1S/C22H29N3O7S/c1-5-25(6-2)33(28,29)20-14-16(10-11-19(20)31-4)21(26)23-17-8-7-9-18(15-17)24-22(27)32-13-12-30-3/h7-11,14-15H,5-6,12-13H2,1-4H3,(H,23,26)(H,24,27). The van der Waals surface area contributed by atoms with Gasteiger partial charge in [-0.2, -0.15) is 4.31 Å². The van der Waals surface area contributed by atoms with Crippen LogP contribution in [0.1, 0.15) is 24.2 Å². The molecule has 2 amide bonds.